The molecule has 0 atom stereocenters. The summed E-state index contributed by atoms with van der Waals surface area (Å²) in [5.41, 5.74) is 7.26. The minimum atomic E-state index is -0.279. The van der Waals surface area contributed by atoms with Crippen molar-refractivity contribution in [3.8, 4) is 5.75 Å². The standard InChI is InChI=1S/C22H24BrN3O2/c1-14-12-22(2,3)26(4)19-11-20(28-5)15(10-17(14)19)13-24-25-21(27)16-8-6-7-9-18(16)23/h6-13H,1-5H3,(H,25,27)/b24-13-. The third-order valence-corrected chi connectivity index (χ3v) is 5.75. The van der Waals surface area contributed by atoms with Gasteiger partial charge in [0.15, 0.2) is 0 Å². The van der Waals surface area contributed by atoms with E-state index in [1.165, 1.54) is 5.57 Å². The second kappa shape index (κ2) is 7.80. The van der Waals surface area contributed by atoms with E-state index in [4.69, 9.17) is 4.74 Å². The number of rotatable bonds is 4. The van der Waals surface area contributed by atoms with E-state index in [2.05, 4.69) is 65.3 Å². The van der Waals surface area contributed by atoms with Gasteiger partial charge < -0.3 is 9.64 Å². The second-order valence-electron chi connectivity index (χ2n) is 7.33. The Morgan fingerprint density at radius 3 is 2.68 bits per heavy atom. The smallest absolute Gasteiger partial charge is 0.272 e. The van der Waals surface area contributed by atoms with Crippen LogP contribution in [0.25, 0.3) is 5.57 Å². The van der Waals surface area contributed by atoms with Gasteiger partial charge >= 0.3 is 0 Å². The van der Waals surface area contributed by atoms with Gasteiger partial charge in [-0.05, 0) is 60.5 Å². The van der Waals surface area contributed by atoms with Gasteiger partial charge in [-0.2, -0.15) is 5.10 Å². The molecule has 1 aliphatic heterocycles. The summed E-state index contributed by atoms with van der Waals surface area (Å²) in [4.78, 5) is 14.5. The summed E-state index contributed by atoms with van der Waals surface area (Å²) in [5, 5.41) is 4.13. The van der Waals surface area contributed by atoms with E-state index in [0.717, 1.165) is 21.3 Å². The first-order valence-corrected chi connectivity index (χ1v) is 9.77. The molecule has 0 aromatic heterocycles. The number of carbonyl (C=O) groups excluding carboxylic acids is 1. The predicted octanol–water partition coefficient (Wildman–Crippen LogP) is 4.85. The van der Waals surface area contributed by atoms with Crippen LogP contribution in [-0.4, -0.2) is 31.8 Å². The van der Waals surface area contributed by atoms with Crippen LogP contribution in [0.5, 0.6) is 5.75 Å². The lowest BCUT2D eigenvalue weighted by atomic mass is 9.88. The Hall–Kier alpha value is -2.60. The number of nitrogens with zero attached hydrogens (tertiary/aromatic N) is 2. The molecule has 0 aliphatic carbocycles. The topological polar surface area (TPSA) is 53.9 Å². The first-order chi connectivity index (χ1) is 13.2. The normalized spacial score (nSPS) is 15.2. The van der Waals surface area contributed by atoms with Crippen LogP contribution >= 0.6 is 15.9 Å². The Balaban J connectivity index is 1.89. The lowest BCUT2D eigenvalue weighted by Crippen LogP contribution is -2.42. The van der Waals surface area contributed by atoms with Gasteiger partial charge in [-0.3, -0.25) is 4.79 Å². The molecule has 0 saturated heterocycles. The van der Waals surface area contributed by atoms with E-state index in [0.29, 0.717) is 11.3 Å². The lowest BCUT2D eigenvalue weighted by Gasteiger charge is -2.40. The summed E-state index contributed by atoms with van der Waals surface area (Å²) in [6.45, 7) is 6.47. The first kappa shape index (κ1) is 20.1. The van der Waals surface area contributed by atoms with E-state index in [1.54, 1.807) is 19.4 Å². The Labute approximate surface area is 174 Å². The van der Waals surface area contributed by atoms with Crippen LogP contribution in [0, 0.1) is 0 Å². The number of hydrogen-bond acceptors (Lipinski definition) is 4. The number of ether oxygens (including phenoxy) is 1. The van der Waals surface area contributed by atoms with Gasteiger partial charge in [-0.15, -0.1) is 0 Å². The van der Waals surface area contributed by atoms with Crippen LogP contribution in [0.1, 0.15) is 42.3 Å². The maximum atomic E-state index is 12.3. The molecule has 1 amide bonds. The van der Waals surface area contributed by atoms with Crippen LogP contribution in [0.4, 0.5) is 5.69 Å². The number of hydrazone groups is 1. The third kappa shape index (κ3) is 3.83. The monoisotopic (exact) mass is 441 g/mol. The van der Waals surface area contributed by atoms with Crippen LogP contribution in [0.3, 0.4) is 0 Å². The minimum absolute atomic E-state index is 0.0747. The molecule has 0 bridgehead atoms. The number of anilines is 1. The SMILES string of the molecule is COc1cc2c(cc1/C=N\NC(=O)c1ccccc1Br)C(C)=CC(C)(C)N2C. The maximum absolute atomic E-state index is 12.3. The number of fused-ring (bicyclic) bond motifs is 1. The van der Waals surface area contributed by atoms with Crippen molar-refractivity contribution in [2.75, 3.05) is 19.1 Å². The average molecular weight is 442 g/mol. The number of likely N-dealkylation sites (N-methyl/N-ethyl adjacent to an activating group) is 1. The van der Waals surface area contributed by atoms with Crippen molar-refractivity contribution in [3.63, 3.8) is 0 Å². The van der Waals surface area contributed by atoms with Crippen molar-refractivity contribution < 1.29 is 9.53 Å². The van der Waals surface area contributed by atoms with Gasteiger partial charge in [-0.1, -0.05) is 18.2 Å². The summed E-state index contributed by atoms with van der Waals surface area (Å²) in [6.07, 6.45) is 3.86. The fraction of sp³-hybridized carbons (Fsp3) is 0.273. The number of hydrogen-bond donors (Lipinski definition) is 1. The molecule has 0 spiro atoms. The number of nitrogens with one attached hydrogen (secondary N) is 1. The van der Waals surface area contributed by atoms with E-state index in [-0.39, 0.29) is 11.4 Å². The highest BCUT2D eigenvalue weighted by atomic mass is 79.9. The highest BCUT2D eigenvalue weighted by molar-refractivity contribution is 9.10. The summed E-state index contributed by atoms with van der Waals surface area (Å²) in [6, 6.07) is 11.3. The van der Waals surface area contributed by atoms with E-state index >= 15 is 0 Å². The maximum Gasteiger partial charge on any atom is 0.272 e. The van der Waals surface area contributed by atoms with E-state index in [9.17, 15) is 4.79 Å². The van der Waals surface area contributed by atoms with E-state index in [1.807, 2.05) is 30.3 Å². The van der Waals surface area contributed by atoms with Gasteiger partial charge in [0.05, 0.1) is 24.4 Å². The molecule has 0 radical (unpaired) electrons. The number of amides is 1. The van der Waals surface area contributed by atoms with Crippen LogP contribution in [0.15, 0.2) is 52.0 Å². The molecule has 1 N–H and O–H groups in total. The summed E-state index contributed by atoms with van der Waals surface area (Å²) < 4.78 is 6.29. The second-order valence-corrected chi connectivity index (χ2v) is 8.18. The molecule has 146 valence electrons. The Kier molecular flexibility index (Phi) is 5.61. The Bertz CT molecular complexity index is 980. The van der Waals surface area contributed by atoms with Gasteiger partial charge in [0, 0.05) is 34.4 Å². The molecule has 28 heavy (non-hydrogen) atoms. The molecular weight excluding hydrogens is 418 g/mol. The van der Waals surface area contributed by atoms with Crippen molar-refractivity contribution in [2.24, 2.45) is 5.10 Å². The lowest BCUT2D eigenvalue weighted by molar-refractivity contribution is 0.0954. The van der Waals surface area contributed by atoms with Crippen molar-refractivity contribution >= 4 is 39.3 Å². The molecule has 2 aromatic rings. The third-order valence-electron chi connectivity index (χ3n) is 5.06. The molecule has 0 unspecified atom stereocenters. The van der Waals surface area contributed by atoms with Gasteiger partial charge in [-0.25, -0.2) is 5.43 Å². The highest BCUT2D eigenvalue weighted by Gasteiger charge is 2.29. The predicted molar refractivity (Wildman–Crippen MR) is 118 cm³/mol. The minimum Gasteiger partial charge on any atom is -0.496 e. The number of allylic oxidation sites excluding steroid dienone is 1. The molecule has 6 heteroatoms. The summed E-state index contributed by atoms with van der Waals surface area (Å²) in [7, 11) is 3.71. The fourth-order valence-corrected chi connectivity index (χ4v) is 3.80. The van der Waals surface area contributed by atoms with Crippen molar-refractivity contribution in [1.82, 2.24) is 5.43 Å². The quantitative estimate of drug-likeness (QED) is 0.544. The Morgan fingerprint density at radius 1 is 1.29 bits per heavy atom. The summed E-state index contributed by atoms with van der Waals surface area (Å²) in [5.74, 6) is 0.424. The van der Waals surface area contributed by atoms with Crippen LogP contribution in [-0.2, 0) is 0 Å². The highest BCUT2D eigenvalue weighted by Crippen LogP contribution is 2.40. The number of halogens is 1. The molecule has 0 saturated carbocycles. The van der Waals surface area contributed by atoms with Gasteiger partial charge in [0.2, 0.25) is 0 Å². The van der Waals surface area contributed by atoms with Crippen LogP contribution in [0.2, 0.25) is 0 Å². The molecular formula is C22H24BrN3O2. The molecule has 1 heterocycles. The fourth-order valence-electron chi connectivity index (χ4n) is 3.34. The molecule has 5 nitrogen and oxygen atoms in total. The largest absolute Gasteiger partial charge is 0.496 e. The number of carbonyl (C=O) groups is 1. The zero-order chi connectivity index (χ0) is 20.5. The van der Waals surface area contributed by atoms with E-state index < -0.39 is 0 Å². The Morgan fingerprint density at radius 2 is 2.00 bits per heavy atom. The van der Waals surface area contributed by atoms with Crippen molar-refractivity contribution in [1.29, 1.82) is 0 Å². The average Bonchev–Trinajstić information content (AvgIpc) is 2.65. The van der Waals surface area contributed by atoms with Gasteiger partial charge in [0.1, 0.15) is 5.75 Å². The molecule has 2 aromatic carbocycles. The van der Waals surface area contributed by atoms with Crippen molar-refractivity contribution in [2.45, 2.75) is 26.3 Å². The number of methoxy groups -OCH3 is 1. The molecule has 0 fully saturated rings. The number of benzene rings is 2. The molecule has 1 aliphatic rings. The summed E-state index contributed by atoms with van der Waals surface area (Å²) >= 11 is 3.38. The molecule has 3 rings (SSSR count). The zero-order valence-corrected chi connectivity index (χ0v) is 18.3. The zero-order valence-electron chi connectivity index (χ0n) is 16.7. The van der Waals surface area contributed by atoms with Gasteiger partial charge in [0.25, 0.3) is 5.91 Å². The van der Waals surface area contributed by atoms with Crippen LogP contribution < -0.4 is 15.1 Å². The first-order valence-electron chi connectivity index (χ1n) is 8.98. The van der Waals surface area contributed by atoms with Crippen molar-refractivity contribution in [3.05, 3.63) is 63.6 Å².